The minimum Gasteiger partial charge on any atom is -0.497 e. The van der Waals surface area contributed by atoms with Gasteiger partial charge in [0.1, 0.15) is 11.4 Å². The maximum Gasteiger partial charge on any atom is 0.256 e. The molecule has 1 aromatic rings. The lowest BCUT2D eigenvalue weighted by Gasteiger charge is -2.25. The number of ether oxygens (including phenoxy) is 2. The highest BCUT2D eigenvalue weighted by Crippen LogP contribution is 2.19. The highest BCUT2D eigenvalue weighted by molar-refractivity contribution is 5.97. The first-order valence-electron chi connectivity index (χ1n) is 5.56. The fourth-order valence-electron chi connectivity index (χ4n) is 1.34. The molecule has 4 nitrogen and oxygen atoms in total. The lowest BCUT2D eigenvalue weighted by atomic mass is 10.0. The number of carbonyl (C=O) groups is 1. The summed E-state index contributed by atoms with van der Waals surface area (Å²) >= 11 is 0. The zero-order chi connectivity index (χ0) is 12.9. The number of amides is 1. The average molecular weight is 237 g/mol. The lowest BCUT2D eigenvalue weighted by Crippen LogP contribution is -2.41. The fourth-order valence-corrected chi connectivity index (χ4v) is 1.34. The molecule has 0 heterocycles. The second-order valence-electron chi connectivity index (χ2n) is 3.97. The van der Waals surface area contributed by atoms with Crippen LogP contribution in [-0.4, -0.2) is 25.7 Å². The van der Waals surface area contributed by atoms with Crippen LogP contribution in [0.25, 0.3) is 0 Å². The van der Waals surface area contributed by atoms with Gasteiger partial charge in [-0.25, -0.2) is 0 Å². The summed E-state index contributed by atoms with van der Waals surface area (Å²) in [5.41, 5.74) is -0.0625. The minimum atomic E-state index is -0.792. The molecule has 1 aromatic carbocycles. The molecule has 1 amide bonds. The largest absolute Gasteiger partial charge is 0.497 e. The molecule has 0 saturated carbocycles. The van der Waals surface area contributed by atoms with Crippen molar-refractivity contribution in [3.05, 3.63) is 24.3 Å². The molecular formula is C13H19NO3. The van der Waals surface area contributed by atoms with Crippen molar-refractivity contribution in [2.75, 3.05) is 19.5 Å². The van der Waals surface area contributed by atoms with Gasteiger partial charge in [-0.3, -0.25) is 4.79 Å². The van der Waals surface area contributed by atoms with Crippen LogP contribution < -0.4 is 10.1 Å². The third kappa shape index (κ3) is 3.20. The third-order valence-corrected chi connectivity index (χ3v) is 2.95. The molecule has 0 unspecified atom stereocenters. The molecule has 0 radical (unpaired) electrons. The molecule has 0 aliphatic carbocycles. The molecule has 0 fully saturated rings. The van der Waals surface area contributed by atoms with Crippen LogP contribution in [0.5, 0.6) is 5.75 Å². The van der Waals surface area contributed by atoms with Gasteiger partial charge in [0.15, 0.2) is 0 Å². The van der Waals surface area contributed by atoms with Crippen molar-refractivity contribution in [1.82, 2.24) is 0 Å². The van der Waals surface area contributed by atoms with Gasteiger partial charge in [0.25, 0.3) is 5.91 Å². The van der Waals surface area contributed by atoms with Gasteiger partial charge < -0.3 is 14.8 Å². The molecule has 0 aliphatic rings. The summed E-state index contributed by atoms with van der Waals surface area (Å²) in [6, 6.07) is 7.18. The van der Waals surface area contributed by atoms with E-state index in [4.69, 9.17) is 9.47 Å². The van der Waals surface area contributed by atoms with Crippen LogP contribution >= 0.6 is 0 Å². The normalized spacial score (nSPS) is 13.9. The van der Waals surface area contributed by atoms with Crippen molar-refractivity contribution in [2.45, 2.75) is 25.9 Å². The predicted octanol–water partition coefficient (Wildman–Crippen LogP) is 2.45. The molecular weight excluding hydrogens is 218 g/mol. The SMILES string of the molecule is CC[C@](C)(OC)C(=O)Nc1ccc(OC)cc1. The quantitative estimate of drug-likeness (QED) is 0.855. The number of carbonyl (C=O) groups excluding carboxylic acids is 1. The molecule has 0 saturated heterocycles. The van der Waals surface area contributed by atoms with Crippen LogP contribution in [0.1, 0.15) is 20.3 Å². The van der Waals surface area contributed by atoms with Crippen molar-refractivity contribution < 1.29 is 14.3 Å². The van der Waals surface area contributed by atoms with Crippen LogP contribution in [0, 0.1) is 0 Å². The number of hydrogen-bond donors (Lipinski definition) is 1. The summed E-state index contributed by atoms with van der Waals surface area (Å²) in [7, 11) is 3.14. The van der Waals surface area contributed by atoms with Crippen molar-refractivity contribution in [3.8, 4) is 5.75 Å². The van der Waals surface area contributed by atoms with Gasteiger partial charge in [-0.15, -0.1) is 0 Å². The first-order chi connectivity index (χ1) is 8.05. The zero-order valence-electron chi connectivity index (χ0n) is 10.7. The van der Waals surface area contributed by atoms with E-state index in [1.807, 2.05) is 6.92 Å². The van der Waals surface area contributed by atoms with E-state index in [1.165, 1.54) is 7.11 Å². The topological polar surface area (TPSA) is 47.6 Å². The van der Waals surface area contributed by atoms with Crippen LogP contribution in [0.4, 0.5) is 5.69 Å². The Balaban J connectivity index is 2.73. The van der Waals surface area contributed by atoms with Gasteiger partial charge in [0, 0.05) is 12.8 Å². The monoisotopic (exact) mass is 237 g/mol. The molecule has 1 rings (SSSR count). The van der Waals surface area contributed by atoms with Gasteiger partial charge in [-0.05, 0) is 37.6 Å². The van der Waals surface area contributed by atoms with Gasteiger partial charge in [-0.2, -0.15) is 0 Å². The van der Waals surface area contributed by atoms with Crippen molar-refractivity contribution in [2.24, 2.45) is 0 Å². The van der Waals surface area contributed by atoms with Crippen molar-refractivity contribution in [3.63, 3.8) is 0 Å². The average Bonchev–Trinajstić information content (AvgIpc) is 2.38. The second-order valence-corrected chi connectivity index (χ2v) is 3.97. The van der Waals surface area contributed by atoms with Gasteiger partial charge in [0.2, 0.25) is 0 Å². The molecule has 0 aromatic heterocycles. The zero-order valence-corrected chi connectivity index (χ0v) is 10.7. The highest BCUT2D eigenvalue weighted by atomic mass is 16.5. The summed E-state index contributed by atoms with van der Waals surface area (Å²) in [5.74, 6) is 0.612. The molecule has 0 spiro atoms. The molecule has 1 N–H and O–H groups in total. The second kappa shape index (κ2) is 5.68. The first-order valence-corrected chi connectivity index (χ1v) is 5.56. The third-order valence-electron chi connectivity index (χ3n) is 2.95. The number of nitrogens with one attached hydrogen (secondary N) is 1. The molecule has 0 bridgehead atoms. The fraction of sp³-hybridized carbons (Fsp3) is 0.462. The predicted molar refractivity (Wildman–Crippen MR) is 67.3 cm³/mol. The molecule has 17 heavy (non-hydrogen) atoms. The number of hydrogen-bond acceptors (Lipinski definition) is 3. The Kier molecular flexibility index (Phi) is 4.52. The number of anilines is 1. The molecule has 4 heteroatoms. The van der Waals surface area contributed by atoms with Crippen LogP contribution in [0.3, 0.4) is 0 Å². The summed E-state index contributed by atoms with van der Waals surface area (Å²) in [6.07, 6.45) is 0.617. The Labute approximate surface area is 102 Å². The van der Waals surface area contributed by atoms with E-state index < -0.39 is 5.60 Å². The number of methoxy groups -OCH3 is 2. The van der Waals surface area contributed by atoms with Crippen molar-refractivity contribution >= 4 is 11.6 Å². The van der Waals surface area contributed by atoms with E-state index >= 15 is 0 Å². The Morgan fingerprint density at radius 1 is 1.29 bits per heavy atom. The highest BCUT2D eigenvalue weighted by Gasteiger charge is 2.30. The van der Waals surface area contributed by atoms with E-state index in [0.717, 1.165) is 11.4 Å². The standard InChI is InChI=1S/C13H19NO3/c1-5-13(2,17-4)12(15)14-10-6-8-11(16-3)9-7-10/h6-9H,5H2,1-4H3,(H,14,15)/t13-/m0/s1. The van der Waals surface area contributed by atoms with Crippen molar-refractivity contribution in [1.29, 1.82) is 0 Å². The maximum absolute atomic E-state index is 12.0. The van der Waals surface area contributed by atoms with E-state index in [1.54, 1.807) is 38.3 Å². The van der Waals surface area contributed by atoms with E-state index in [9.17, 15) is 4.79 Å². The smallest absolute Gasteiger partial charge is 0.256 e. The Hall–Kier alpha value is -1.55. The number of benzene rings is 1. The molecule has 94 valence electrons. The van der Waals surface area contributed by atoms with Crippen LogP contribution in [0.15, 0.2) is 24.3 Å². The summed E-state index contributed by atoms with van der Waals surface area (Å²) in [4.78, 5) is 12.0. The van der Waals surface area contributed by atoms with Crippen LogP contribution in [-0.2, 0) is 9.53 Å². The Morgan fingerprint density at radius 3 is 2.29 bits per heavy atom. The summed E-state index contributed by atoms with van der Waals surface area (Å²) in [5, 5.41) is 2.82. The lowest BCUT2D eigenvalue weighted by molar-refractivity contribution is -0.136. The van der Waals surface area contributed by atoms with Gasteiger partial charge in [-0.1, -0.05) is 6.92 Å². The van der Waals surface area contributed by atoms with Gasteiger partial charge in [0.05, 0.1) is 7.11 Å². The minimum absolute atomic E-state index is 0.146. The summed E-state index contributed by atoms with van der Waals surface area (Å²) < 4.78 is 10.3. The molecule has 1 atom stereocenters. The summed E-state index contributed by atoms with van der Waals surface area (Å²) in [6.45, 7) is 3.68. The molecule has 0 aliphatic heterocycles. The van der Waals surface area contributed by atoms with Gasteiger partial charge >= 0.3 is 0 Å². The van der Waals surface area contributed by atoms with Crippen LogP contribution in [0.2, 0.25) is 0 Å². The Morgan fingerprint density at radius 2 is 1.88 bits per heavy atom. The number of rotatable bonds is 5. The van der Waals surface area contributed by atoms with E-state index in [-0.39, 0.29) is 5.91 Å². The van der Waals surface area contributed by atoms with E-state index in [0.29, 0.717) is 6.42 Å². The maximum atomic E-state index is 12.0. The Bertz CT molecular complexity index is 369. The van der Waals surface area contributed by atoms with E-state index in [2.05, 4.69) is 5.32 Å². The first kappa shape index (κ1) is 13.5.